The molecule has 1 unspecified atom stereocenters. The average Bonchev–Trinajstić information content (AvgIpc) is 2.47. The van der Waals surface area contributed by atoms with Crippen LogP contribution in [0, 0.1) is 0 Å². The van der Waals surface area contributed by atoms with E-state index in [1.807, 2.05) is 12.1 Å². The van der Waals surface area contributed by atoms with E-state index in [-0.39, 0.29) is 12.3 Å². The van der Waals surface area contributed by atoms with Crippen LogP contribution in [0.25, 0.3) is 0 Å². The zero-order valence-electron chi connectivity index (χ0n) is 12.5. The molecule has 0 bridgehead atoms. The molecule has 1 aromatic carbocycles. The summed E-state index contributed by atoms with van der Waals surface area (Å²) in [5.41, 5.74) is 0.138. The molecule has 1 aromatic rings. The van der Waals surface area contributed by atoms with Crippen LogP contribution in [0.3, 0.4) is 0 Å². The molecule has 1 fully saturated rings. The smallest absolute Gasteiger partial charge is 0.305 e. The van der Waals surface area contributed by atoms with Crippen molar-refractivity contribution < 1.29 is 19.4 Å². The van der Waals surface area contributed by atoms with Crippen molar-refractivity contribution in [2.24, 2.45) is 0 Å². The third-order valence-corrected chi connectivity index (χ3v) is 4.25. The second kappa shape index (κ2) is 7.11. The second-order valence-electron chi connectivity index (χ2n) is 5.68. The number of nitrogens with one attached hydrogen (secondary N) is 1. The van der Waals surface area contributed by atoms with E-state index in [9.17, 15) is 9.59 Å². The minimum atomic E-state index is -0.934. The first-order valence-corrected chi connectivity index (χ1v) is 7.68. The lowest BCUT2D eigenvalue weighted by Gasteiger charge is -2.37. The molecule has 1 heterocycles. The van der Waals surface area contributed by atoms with Crippen LogP contribution in [0.15, 0.2) is 24.3 Å². The Kier molecular flexibility index (Phi) is 5.42. The van der Waals surface area contributed by atoms with Gasteiger partial charge < -0.3 is 15.2 Å². The number of amides is 1. The van der Waals surface area contributed by atoms with Crippen LogP contribution in [0.4, 0.5) is 0 Å². The molecule has 1 atom stereocenters. The summed E-state index contributed by atoms with van der Waals surface area (Å²) < 4.78 is 5.39. The number of carbonyl (C=O) groups is 2. The van der Waals surface area contributed by atoms with Gasteiger partial charge in [0.05, 0.1) is 11.8 Å². The van der Waals surface area contributed by atoms with Crippen molar-refractivity contribution in [3.63, 3.8) is 0 Å². The maximum Gasteiger partial charge on any atom is 0.305 e. The SMILES string of the molecule is CC(CC(=O)O)NC(=O)C1(c2cccc(Cl)c2)CCOCC1. The van der Waals surface area contributed by atoms with Crippen molar-refractivity contribution in [2.75, 3.05) is 13.2 Å². The Morgan fingerprint density at radius 1 is 1.41 bits per heavy atom. The molecule has 1 amide bonds. The van der Waals surface area contributed by atoms with Gasteiger partial charge in [0.1, 0.15) is 0 Å². The van der Waals surface area contributed by atoms with Crippen molar-refractivity contribution in [3.05, 3.63) is 34.9 Å². The van der Waals surface area contributed by atoms with Gasteiger partial charge in [0.2, 0.25) is 5.91 Å². The Bertz CT molecular complexity index is 555. The molecule has 6 heteroatoms. The minimum absolute atomic E-state index is 0.103. The summed E-state index contributed by atoms with van der Waals surface area (Å²) in [4.78, 5) is 23.6. The van der Waals surface area contributed by atoms with Crippen LogP contribution in [0.2, 0.25) is 5.02 Å². The highest BCUT2D eigenvalue weighted by atomic mass is 35.5. The number of ether oxygens (including phenoxy) is 1. The van der Waals surface area contributed by atoms with Crippen molar-refractivity contribution >= 4 is 23.5 Å². The van der Waals surface area contributed by atoms with Crippen molar-refractivity contribution in [1.29, 1.82) is 0 Å². The third-order valence-electron chi connectivity index (χ3n) is 4.02. The lowest BCUT2D eigenvalue weighted by Crippen LogP contribution is -2.50. The third kappa shape index (κ3) is 3.78. The molecule has 22 heavy (non-hydrogen) atoms. The van der Waals surface area contributed by atoms with Crippen LogP contribution in [-0.4, -0.2) is 36.2 Å². The van der Waals surface area contributed by atoms with Gasteiger partial charge >= 0.3 is 5.97 Å². The van der Waals surface area contributed by atoms with Crippen molar-refractivity contribution in [1.82, 2.24) is 5.32 Å². The molecule has 120 valence electrons. The number of rotatable bonds is 5. The molecule has 5 nitrogen and oxygen atoms in total. The Morgan fingerprint density at radius 3 is 2.68 bits per heavy atom. The van der Waals surface area contributed by atoms with Crippen LogP contribution in [0.5, 0.6) is 0 Å². The van der Waals surface area contributed by atoms with Crippen molar-refractivity contribution in [2.45, 2.75) is 37.6 Å². The van der Waals surface area contributed by atoms with Gasteiger partial charge in [0.15, 0.2) is 0 Å². The first-order chi connectivity index (χ1) is 10.4. The number of hydrogen-bond acceptors (Lipinski definition) is 3. The highest BCUT2D eigenvalue weighted by molar-refractivity contribution is 6.30. The zero-order valence-corrected chi connectivity index (χ0v) is 13.2. The lowest BCUT2D eigenvalue weighted by molar-refractivity contribution is -0.138. The molecular weight excluding hydrogens is 306 g/mol. The molecule has 0 radical (unpaired) electrons. The molecule has 1 aliphatic heterocycles. The lowest BCUT2D eigenvalue weighted by atomic mass is 9.73. The molecule has 0 aromatic heterocycles. The van der Waals surface area contributed by atoms with Gasteiger partial charge in [0, 0.05) is 24.3 Å². The number of halogens is 1. The fourth-order valence-corrected chi connectivity index (χ4v) is 3.02. The molecule has 1 aliphatic rings. The van der Waals surface area contributed by atoms with Crippen LogP contribution >= 0.6 is 11.6 Å². The van der Waals surface area contributed by atoms with E-state index >= 15 is 0 Å². The Labute approximate surface area is 134 Å². The number of carboxylic acids is 1. The van der Waals surface area contributed by atoms with Gasteiger partial charge in [0.25, 0.3) is 0 Å². The number of carbonyl (C=O) groups excluding carboxylic acids is 1. The van der Waals surface area contributed by atoms with E-state index in [0.717, 1.165) is 5.56 Å². The number of aliphatic carboxylic acids is 1. The normalized spacial score (nSPS) is 18.5. The van der Waals surface area contributed by atoms with E-state index in [2.05, 4.69) is 5.32 Å². The fraction of sp³-hybridized carbons (Fsp3) is 0.500. The van der Waals surface area contributed by atoms with E-state index < -0.39 is 17.4 Å². The number of carboxylic acid groups (broad SMARTS) is 1. The predicted molar refractivity (Wildman–Crippen MR) is 83.0 cm³/mol. The van der Waals surface area contributed by atoms with E-state index in [1.165, 1.54) is 0 Å². The van der Waals surface area contributed by atoms with Gasteiger partial charge in [-0.15, -0.1) is 0 Å². The second-order valence-corrected chi connectivity index (χ2v) is 6.11. The van der Waals surface area contributed by atoms with Gasteiger partial charge in [-0.25, -0.2) is 0 Å². The molecule has 2 rings (SSSR count). The number of hydrogen-bond donors (Lipinski definition) is 2. The summed E-state index contributed by atoms with van der Waals surface area (Å²) in [6.45, 7) is 2.68. The zero-order chi connectivity index (χ0) is 16.2. The van der Waals surface area contributed by atoms with Gasteiger partial charge in [-0.2, -0.15) is 0 Å². The summed E-state index contributed by atoms with van der Waals surface area (Å²) in [5, 5.41) is 12.2. The predicted octanol–water partition coefficient (Wildman–Crippen LogP) is 2.37. The van der Waals surface area contributed by atoms with Crippen molar-refractivity contribution in [3.8, 4) is 0 Å². The van der Waals surface area contributed by atoms with E-state index in [4.69, 9.17) is 21.4 Å². The number of benzene rings is 1. The average molecular weight is 326 g/mol. The van der Waals surface area contributed by atoms with Gasteiger partial charge in [-0.3, -0.25) is 9.59 Å². The quantitative estimate of drug-likeness (QED) is 0.871. The van der Waals surface area contributed by atoms with Gasteiger partial charge in [-0.1, -0.05) is 23.7 Å². The first kappa shape index (κ1) is 16.8. The monoisotopic (exact) mass is 325 g/mol. The Morgan fingerprint density at radius 2 is 2.09 bits per heavy atom. The highest BCUT2D eigenvalue weighted by Crippen LogP contribution is 2.36. The van der Waals surface area contributed by atoms with E-state index in [1.54, 1.807) is 19.1 Å². The molecule has 2 N–H and O–H groups in total. The molecule has 0 spiro atoms. The van der Waals surface area contributed by atoms with Crippen LogP contribution in [0.1, 0.15) is 31.7 Å². The Balaban J connectivity index is 2.25. The molecule has 0 saturated carbocycles. The molecular formula is C16H20ClNO4. The topological polar surface area (TPSA) is 75.6 Å². The van der Waals surface area contributed by atoms with Crippen LogP contribution < -0.4 is 5.32 Å². The first-order valence-electron chi connectivity index (χ1n) is 7.30. The highest BCUT2D eigenvalue weighted by Gasteiger charge is 2.42. The fourth-order valence-electron chi connectivity index (χ4n) is 2.83. The largest absolute Gasteiger partial charge is 0.481 e. The van der Waals surface area contributed by atoms with E-state index in [0.29, 0.717) is 31.1 Å². The summed E-state index contributed by atoms with van der Waals surface area (Å²) in [6.07, 6.45) is 1.01. The maximum atomic E-state index is 12.8. The van der Waals surface area contributed by atoms with Crippen LogP contribution in [-0.2, 0) is 19.7 Å². The summed E-state index contributed by atoms with van der Waals surface area (Å²) >= 11 is 6.06. The summed E-state index contributed by atoms with van der Waals surface area (Å²) in [6, 6.07) is 6.85. The molecule has 0 aliphatic carbocycles. The minimum Gasteiger partial charge on any atom is -0.481 e. The Hall–Kier alpha value is -1.59. The van der Waals surface area contributed by atoms with Gasteiger partial charge in [-0.05, 0) is 37.5 Å². The molecule has 1 saturated heterocycles. The summed E-state index contributed by atoms with van der Waals surface area (Å²) in [7, 11) is 0. The summed E-state index contributed by atoms with van der Waals surface area (Å²) in [5.74, 6) is -1.09. The standard InChI is InChI=1S/C16H20ClNO4/c1-11(9-14(19)20)18-15(21)16(5-7-22-8-6-16)12-3-2-4-13(17)10-12/h2-4,10-11H,5-9H2,1H3,(H,18,21)(H,19,20). The maximum absolute atomic E-state index is 12.8.